The summed E-state index contributed by atoms with van der Waals surface area (Å²) in [6.45, 7) is 8.98. The third-order valence-corrected chi connectivity index (χ3v) is 0.918. The van der Waals surface area contributed by atoms with E-state index in [-0.39, 0.29) is 33.9 Å². The second kappa shape index (κ2) is 15.4. The van der Waals surface area contributed by atoms with E-state index in [9.17, 15) is 14.4 Å². The van der Waals surface area contributed by atoms with Crippen LogP contribution in [0.4, 0.5) is 0 Å². The zero-order chi connectivity index (χ0) is 15.5. The Balaban J connectivity index is -0.000000105. The Morgan fingerprint density at radius 2 is 1.00 bits per heavy atom. The summed E-state index contributed by atoms with van der Waals surface area (Å²) in [6, 6.07) is 0. The van der Waals surface area contributed by atoms with E-state index in [2.05, 4.69) is 0 Å². The van der Waals surface area contributed by atoms with E-state index in [1.54, 1.807) is 27.7 Å². The fourth-order valence-corrected chi connectivity index (χ4v) is 0.549. The van der Waals surface area contributed by atoms with Gasteiger partial charge in [0.05, 0.1) is 0 Å². The van der Waals surface area contributed by atoms with E-state index in [1.807, 2.05) is 0 Å². The van der Waals surface area contributed by atoms with Crippen LogP contribution in [0.1, 0.15) is 41.5 Å². The number of hydrogen-bond donors (Lipinski definition) is 3. The first-order valence-electron chi connectivity index (χ1n) is 5.41. The summed E-state index contributed by atoms with van der Waals surface area (Å²) in [4.78, 5) is 30.9. The van der Waals surface area contributed by atoms with E-state index in [0.717, 1.165) is 13.8 Å². The first kappa shape index (κ1) is 26.8. The van der Waals surface area contributed by atoms with Gasteiger partial charge in [-0.1, -0.05) is 0 Å². The van der Waals surface area contributed by atoms with Crippen molar-refractivity contribution >= 4 is 17.5 Å². The Morgan fingerprint density at radius 1 is 0.842 bits per heavy atom. The summed E-state index contributed by atoms with van der Waals surface area (Å²) in [6.07, 6.45) is -0.333. The van der Waals surface area contributed by atoms with Crippen molar-refractivity contribution in [3.05, 3.63) is 5.92 Å². The van der Waals surface area contributed by atoms with Crippen LogP contribution in [0, 0.1) is 5.92 Å². The van der Waals surface area contributed by atoms with Gasteiger partial charge in [0.2, 0.25) is 0 Å². The maximum atomic E-state index is 10.4. The number of rotatable bonds is 3. The van der Waals surface area contributed by atoms with Gasteiger partial charge in [0.15, 0.2) is 5.97 Å². The third kappa shape index (κ3) is 31.7. The SMILES string of the molecule is CC(=O)[C-](C(C)=O)C(=O)O.CC(C)O.CC(C)O.[Ti]. The molecular formula is C12H23O6Ti-. The molecule has 0 saturated heterocycles. The summed E-state index contributed by atoms with van der Waals surface area (Å²) >= 11 is 0. The minimum absolute atomic E-state index is 0. The summed E-state index contributed by atoms with van der Waals surface area (Å²) in [5.41, 5.74) is 0. The number of hydrogen-bond acceptors (Lipinski definition) is 5. The molecule has 0 heterocycles. The number of Topliss-reactive ketones (excluding diaryl/α,β-unsaturated/α-hetero) is 2. The first-order valence-corrected chi connectivity index (χ1v) is 5.41. The standard InChI is InChI=1S/C6H7O4.2C3H8O.Ti/c1-3(7)5(4(2)8)6(9)10;2*1-3(2)4;/h1-2H3,(H,9,10);2*3-4H,1-2H3;/q-1;;;. The molecule has 0 bridgehead atoms. The van der Waals surface area contributed by atoms with Crippen LogP contribution >= 0.6 is 0 Å². The number of carbonyl (C=O) groups is 3. The minimum Gasteiger partial charge on any atom is -0.502 e. The Bertz CT molecular complexity index is 218. The zero-order valence-corrected chi connectivity index (χ0v) is 13.8. The molecule has 0 aromatic rings. The molecule has 3 N–H and O–H groups in total. The summed E-state index contributed by atoms with van der Waals surface area (Å²) in [5.74, 6) is -3.54. The maximum absolute atomic E-state index is 10.4. The number of aliphatic carboxylic acids is 1. The maximum Gasteiger partial charge on any atom is 0.180 e. The van der Waals surface area contributed by atoms with Gasteiger partial charge in [-0.2, -0.15) is 0 Å². The van der Waals surface area contributed by atoms with Crippen molar-refractivity contribution < 1.29 is 51.4 Å². The van der Waals surface area contributed by atoms with Crippen molar-refractivity contribution in [3.63, 3.8) is 0 Å². The average molecular weight is 311 g/mol. The van der Waals surface area contributed by atoms with Crippen molar-refractivity contribution in [1.29, 1.82) is 0 Å². The van der Waals surface area contributed by atoms with Gasteiger partial charge in [0.25, 0.3) is 0 Å². The van der Waals surface area contributed by atoms with Crippen molar-refractivity contribution in [3.8, 4) is 0 Å². The smallest absolute Gasteiger partial charge is 0.180 e. The van der Waals surface area contributed by atoms with Gasteiger partial charge in [-0.05, 0) is 41.5 Å². The van der Waals surface area contributed by atoms with E-state index in [0.29, 0.717) is 0 Å². The molecule has 0 fully saturated rings. The molecule has 0 radical (unpaired) electrons. The number of carboxylic acid groups (broad SMARTS) is 1. The van der Waals surface area contributed by atoms with E-state index >= 15 is 0 Å². The van der Waals surface area contributed by atoms with Crippen molar-refractivity contribution in [1.82, 2.24) is 0 Å². The van der Waals surface area contributed by atoms with Crippen LogP contribution in [0.15, 0.2) is 0 Å². The number of aliphatic hydroxyl groups excluding tert-OH is 2. The van der Waals surface area contributed by atoms with Crippen LogP contribution < -0.4 is 0 Å². The molecule has 0 aromatic heterocycles. The molecule has 0 aliphatic heterocycles. The molecule has 0 rings (SSSR count). The zero-order valence-electron chi connectivity index (χ0n) is 12.2. The molecule has 112 valence electrons. The number of aliphatic hydroxyl groups is 2. The predicted molar refractivity (Wildman–Crippen MR) is 67.0 cm³/mol. The first-order chi connectivity index (χ1) is 7.93. The van der Waals surface area contributed by atoms with Crippen LogP contribution in [0.25, 0.3) is 0 Å². The van der Waals surface area contributed by atoms with E-state index < -0.39 is 23.5 Å². The van der Waals surface area contributed by atoms with Gasteiger partial charge in [-0.3, -0.25) is 4.79 Å². The van der Waals surface area contributed by atoms with Crippen LogP contribution in [-0.2, 0) is 36.1 Å². The van der Waals surface area contributed by atoms with Gasteiger partial charge in [0.1, 0.15) is 0 Å². The Hall–Kier alpha value is -0.686. The largest absolute Gasteiger partial charge is 0.502 e. The Morgan fingerprint density at radius 3 is 1.00 bits per heavy atom. The van der Waals surface area contributed by atoms with Crippen molar-refractivity contribution in [2.75, 3.05) is 0 Å². The van der Waals surface area contributed by atoms with Crippen LogP contribution in [0.2, 0.25) is 0 Å². The van der Waals surface area contributed by atoms with E-state index in [4.69, 9.17) is 15.3 Å². The molecule has 19 heavy (non-hydrogen) atoms. The molecule has 0 amide bonds. The second-order valence-corrected chi connectivity index (χ2v) is 3.98. The molecule has 0 aromatic carbocycles. The van der Waals surface area contributed by atoms with E-state index in [1.165, 1.54) is 0 Å². The molecule has 0 atom stereocenters. The second-order valence-electron chi connectivity index (χ2n) is 3.98. The molecule has 0 spiro atoms. The Kier molecular flexibility index (Phi) is 21.7. The fraction of sp³-hybridized carbons (Fsp3) is 0.667. The third-order valence-electron chi connectivity index (χ3n) is 0.918. The monoisotopic (exact) mass is 311 g/mol. The average Bonchev–Trinajstić information content (AvgIpc) is 1.96. The normalized spacial score (nSPS) is 8.32. The summed E-state index contributed by atoms with van der Waals surface area (Å²) in [5, 5.41) is 24.3. The van der Waals surface area contributed by atoms with Crippen LogP contribution in [0.3, 0.4) is 0 Å². The molecule has 0 unspecified atom stereocenters. The number of carboxylic acids is 1. The van der Waals surface area contributed by atoms with Gasteiger partial charge >= 0.3 is 0 Å². The quantitative estimate of drug-likeness (QED) is 0.400. The van der Waals surface area contributed by atoms with Gasteiger partial charge in [-0.25, -0.2) is 0 Å². The topological polar surface area (TPSA) is 112 Å². The fourth-order valence-electron chi connectivity index (χ4n) is 0.549. The molecule has 7 heteroatoms. The minimum atomic E-state index is -1.46. The Labute approximate surface area is 129 Å². The molecule has 0 aliphatic carbocycles. The molecule has 0 aliphatic rings. The molecule has 6 nitrogen and oxygen atoms in total. The molecule has 0 saturated carbocycles. The number of carbonyl (C=O) groups excluding carboxylic acids is 2. The predicted octanol–water partition coefficient (Wildman–Crippen LogP) is 0.595. The van der Waals surface area contributed by atoms with Gasteiger partial charge in [-0.15, -0.1) is 5.92 Å². The van der Waals surface area contributed by atoms with Crippen molar-refractivity contribution in [2.24, 2.45) is 0 Å². The number of ketones is 2. The van der Waals surface area contributed by atoms with Gasteiger partial charge in [0, 0.05) is 45.5 Å². The summed E-state index contributed by atoms with van der Waals surface area (Å²) < 4.78 is 0. The van der Waals surface area contributed by atoms with Crippen molar-refractivity contribution in [2.45, 2.75) is 53.8 Å². The van der Waals surface area contributed by atoms with Crippen LogP contribution in [-0.4, -0.2) is 45.1 Å². The van der Waals surface area contributed by atoms with Crippen LogP contribution in [0.5, 0.6) is 0 Å². The van der Waals surface area contributed by atoms with Gasteiger partial charge < -0.3 is 24.9 Å². The molecular weight excluding hydrogens is 288 g/mol. The summed E-state index contributed by atoms with van der Waals surface area (Å²) in [7, 11) is 0.